The van der Waals surface area contributed by atoms with Crippen molar-refractivity contribution in [3.8, 4) is 0 Å². The summed E-state index contributed by atoms with van der Waals surface area (Å²) in [5.74, 6) is -0.677. The van der Waals surface area contributed by atoms with E-state index in [1.807, 2.05) is 60.7 Å². The Bertz CT molecular complexity index is 1300. The predicted molar refractivity (Wildman–Crippen MR) is 111 cm³/mol. The first-order chi connectivity index (χ1) is 14.5. The van der Waals surface area contributed by atoms with Crippen molar-refractivity contribution in [1.82, 2.24) is 18.8 Å². The van der Waals surface area contributed by atoms with Gasteiger partial charge in [0.15, 0.2) is 5.52 Å². The number of rotatable bonds is 6. The molecule has 0 saturated heterocycles. The number of fused-ring (bicyclic) bond motifs is 1. The fraction of sp³-hybridized carbons (Fsp3) is 0.182. The number of hydrogen-bond acceptors (Lipinski definition) is 5. The molecular weight excluding hydrogens is 384 g/mol. The van der Waals surface area contributed by atoms with Crippen molar-refractivity contribution < 1.29 is 9.63 Å². The Labute approximate surface area is 171 Å². The summed E-state index contributed by atoms with van der Waals surface area (Å²) in [4.78, 5) is 47.0. The van der Waals surface area contributed by atoms with Crippen molar-refractivity contribution in [3.05, 3.63) is 99.0 Å². The molecule has 0 unspecified atom stereocenters. The Balaban J connectivity index is 1.83. The lowest BCUT2D eigenvalue weighted by atomic mass is 10.1. The topological polar surface area (TPSA) is 88.1 Å². The van der Waals surface area contributed by atoms with Crippen molar-refractivity contribution in [2.24, 2.45) is 0 Å². The molecule has 4 rings (SSSR count). The quantitative estimate of drug-likeness (QED) is 0.487. The SMILES string of the molecule is CC(=O)On1c(=O)n(CCc2ccccc2)c(=O)c2c1ncn2Cc1ccccc1. The molecule has 8 heteroatoms. The van der Waals surface area contributed by atoms with E-state index in [9.17, 15) is 14.4 Å². The summed E-state index contributed by atoms with van der Waals surface area (Å²) in [5.41, 5.74) is 0.976. The third-order valence-electron chi connectivity index (χ3n) is 4.75. The van der Waals surface area contributed by atoms with Crippen LogP contribution in [0.1, 0.15) is 18.1 Å². The third kappa shape index (κ3) is 3.80. The number of imidazole rings is 1. The molecule has 30 heavy (non-hydrogen) atoms. The van der Waals surface area contributed by atoms with Gasteiger partial charge < -0.3 is 9.40 Å². The van der Waals surface area contributed by atoms with Crippen LogP contribution < -0.4 is 16.1 Å². The van der Waals surface area contributed by atoms with Gasteiger partial charge >= 0.3 is 11.7 Å². The van der Waals surface area contributed by atoms with Crippen LogP contribution in [0.3, 0.4) is 0 Å². The molecule has 8 nitrogen and oxygen atoms in total. The zero-order valence-corrected chi connectivity index (χ0v) is 16.4. The predicted octanol–water partition coefficient (Wildman–Crippen LogP) is 1.63. The number of carbonyl (C=O) groups is 1. The number of carbonyl (C=O) groups excluding carboxylic acids is 1. The third-order valence-corrected chi connectivity index (χ3v) is 4.75. The molecule has 0 saturated carbocycles. The van der Waals surface area contributed by atoms with Crippen molar-refractivity contribution in [3.63, 3.8) is 0 Å². The van der Waals surface area contributed by atoms with E-state index in [1.54, 1.807) is 4.57 Å². The Morgan fingerprint density at radius 3 is 2.23 bits per heavy atom. The van der Waals surface area contributed by atoms with Crippen LogP contribution in [0, 0.1) is 0 Å². The van der Waals surface area contributed by atoms with Gasteiger partial charge in [-0.1, -0.05) is 65.4 Å². The fourth-order valence-electron chi connectivity index (χ4n) is 3.35. The van der Waals surface area contributed by atoms with Gasteiger partial charge in [0.25, 0.3) is 5.56 Å². The van der Waals surface area contributed by atoms with E-state index in [2.05, 4.69) is 4.98 Å². The van der Waals surface area contributed by atoms with Crippen molar-refractivity contribution in [1.29, 1.82) is 0 Å². The van der Waals surface area contributed by atoms with Gasteiger partial charge in [-0.15, -0.1) is 0 Å². The summed E-state index contributed by atoms with van der Waals surface area (Å²) in [6.45, 7) is 1.73. The molecule has 0 aliphatic rings. The molecule has 2 aromatic carbocycles. The van der Waals surface area contributed by atoms with E-state index >= 15 is 0 Å². The lowest BCUT2D eigenvalue weighted by molar-refractivity contribution is -0.141. The van der Waals surface area contributed by atoms with Crippen LogP contribution in [-0.4, -0.2) is 24.8 Å². The lowest BCUT2D eigenvalue weighted by Crippen LogP contribution is -2.44. The van der Waals surface area contributed by atoms with E-state index < -0.39 is 17.2 Å². The zero-order valence-electron chi connectivity index (χ0n) is 16.4. The van der Waals surface area contributed by atoms with Crippen LogP contribution in [0.2, 0.25) is 0 Å². The maximum absolute atomic E-state index is 13.2. The van der Waals surface area contributed by atoms with Gasteiger partial charge in [-0.25, -0.2) is 14.6 Å². The molecule has 0 amide bonds. The fourth-order valence-corrected chi connectivity index (χ4v) is 3.35. The zero-order chi connectivity index (χ0) is 21.1. The second kappa shape index (κ2) is 8.20. The summed E-state index contributed by atoms with van der Waals surface area (Å²) in [7, 11) is 0. The summed E-state index contributed by atoms with van der Waals surface area (Å²) in [5, 5.41) is 0. The van der Waals surface area contributed by atoms with Crippen LogP contribution in [0.25, 0.3) is 11.2 Å². The summed E-state index contributed by atoms with van der Waals surface area (Å²) in [6, 6.07) is 19.1. The first-order valence-electron chi connectivity index (χ1n) is 9.52. The highest BCUT2D eigenvalue weighted by molar-refractivity contribution is 5.72. The normalized spacial score (nSPS) is 11.0. The van der Waals surface area contributed by atoms with E-state index in [1.165, 1.54) is 13.3 Å². The van der Waals surface area contributed by atoms with E-state index in [-0.39, 0.29) is 17.7 Å². The number of nitrogens with zero attached hydrogens (tertiary/aromatic N) is 4. The molecule has 0 radical (unpaired) electrons. The van der Waals surface area contributed by atoms with E-state index in [4.69, 9.17) is 4.84 Å². The number of aromatic nitrogens is 4. The van der Waals surface area contributed by atoms with Crippen LogP contribution in [0.4, 0.5) is 0 Å². The highest BCUT2D eigenvalue weighted by Crippen LogP contribution is 2.10. The van der Waals surface area contributed by atoms with Gasteiger partial charge in [0.05, 0.1) is 6.33 Å². The molecule has 2 heterocycles. The number of hydrogen-bond donors (Lipinski definition) is 0. The van der Waals surface area contributed by atoms with Crippen LogP contribution in [0.5, 0.6) is 0 Å². The summed E-state index contributed by atoms with van der Waals surface area (Å²) in [6.07, 6.45) is 1.95. The highest BCUT2D eigenvalue weighted by Gasteiger charge is 2.20. The maximum Gasteiger partial charge on any atom is 0.366 e. The first-order valence-corrected chi connectivity index (χ1v) is 9.52. The molecule has 152 valence electrons. The lowest BCUT2D eigenvalue weighted by Gasteiger charge is -2.11. The van der Waals surface area contributed by atoms with Gasteiger partial charge in [0, 0.05) is 20.0 Å². The monoisotopic (exact) mass is 404 g/mol. The molecule has 0 bridgehead atoms. The minimum atomic E-state index is -0.733. The smallest absolute Gasteiger partial charge is 0.330 e. The van der Waals surface area contributed by atoms with Gasteiger partial charge in [-0.05, 0) is 17.5 Å². The molecule has 4 aromatic rings. The van der Waals surface area contributed by atoms with Gasteiger partial charge in [0.1, 0.15) is 0 Å². The average Bonchev–Trinajstić information content (AvgIpc) is 3.16. The van der Waals surface area contributed by atoms with Crippen molar-refractivity contribution in [2.45, 2.75) is 26.4 Å². The second-order valence-corrected chi connectivity index (χ2v) is 6.88. The molecule has 0 spiro atoms. The Morgan fingerprint density at radius 2 is 1.60 bits per heavy atom. The van der Waals surface area contributed by atoms with Crippen LogP contribution in [0.15, 0.2) is 76.6 Å². The summed E-state index contributed by atoms with van der Waals surface area (Å²) >= 11 is 0. The Morgan fingerprint density at radius 1 is 0.967 bits per heavy atom. The average molecular weight is 404 g/mol. The molecular formula is C22H20N4O4. The number of benzene rings is 2. The standard InChI is InChI=1S/C22H20N4O4/c1-16(27)30-26-20-19(24(15-23-20)14-18-10-6-3-7-11-18)21(28)25(22(26)29)13-12-17-8-4-2-5-9-17/h2-11,15H,12-14H2,1H3. The molecule has 0 atom stereocenters. The minimum absolute atomic E-state index is 0.0205. The molecule has 0 N–H and O–H groups in total. The molecule has 0 aliphatic heterocycles. The molecule has 0 aliphatic carbocycles. The van der Waals surface area contributed by atoms with Crippen molar-refractivity contribution in [2.75, 3.05) is 0 Å². The van der Waals surface area contributed by atoms with Crippen LogP contribution in [-0.2, 0) is 24.3 Å². The van der Waals surface area contributed by atoms with E-state index in [0.29, 0.717) is 13.0 Å². The molecule has 2 aromatic heterocycles. The second-order valence-electron chi connectivity index (χ2n) is 6.88. The van der Waals surface area contributed by atoms with E-state index in [0.717, 1.165) is 20.4 Å². The molecule has 0 fully saturated rings. The van der Waals surface area contributed by atoms with Gasteiger partial charge in [0.2, 0.25) is 5.65 Å². The van der Waals surface area contributed by atoms with Crippen LogP contribution >= 0.6 is 0 Å². The highest BCUT2D eigenvalue weighted by atomic mass is 16.7. The largest absolute Gasteiger partial charge is 0.366 e. The van der Waals surface area contributed by atoms with Crippen molar-refractivity contribution >= 4 is 17.1 Å². The van der Waals surface area contributed by atoms with Gasteiger partial charge in [-0.3, -0.25) is 9.36 Å². The minimum Gasteiger partial charge on any atom is -0.330 e. The maximum atomic E-state index is 13.2. The number of aryl methyl sites for hydroxylation is 1. The summed E-state index contributed by atoms with van der Waals surface area (Å²) < 4.78 is 3.54. The first kappa shape index (κ1) is 19.4. The Kier molecular flexibility index (Phi) is 5.30. The Hall–Kier alpha value is -3.94. The van der Waals surface area contributed by atoms with Gasteiger partial charge in [-0.2, -0.15) is 0 Å².